The Labute approximate surface area is 104 Å². The lowest BCUT2D eigenvalue weighted by atomic mass is 10.1. The van der Waals surface area contributed by atoms with Crippen LogP contribution in [0.25, 0.3) is 0 Å². The van der Waals surface area contributed by atoms with E-state index in [1.165, 1.54) is 18.2 Å². The van der Waals surface area contributed by atoms with Gasteiger partial charge in [0.15, 0.2) is 0 Å². The molecular formula is C12H14ClFN2O. The van der Waals surface area contributed by atoms with Crippen molar-refractivity contribution in [2.24, 2.45) is 11.7 Å². The molecule has 3 N–H and O–H groups in total. The number of hydrogen-bond acceptors (Lipinski definition) is 2. The molecular weight excluding hydrogens is 243 g/mol. The smallest absolute Gasteiger partial charge is 0.227 e. The van der Waals surface area contributed by atoms with Gasteiger partial charge >= 0.3 is 0 Å². The number of benzene rings is 1. The van der Waals surface area contributed by atoms with Gasteiger partial charge < -0.3 is 11.1 Å². The molecule has 2 unspecified atom stereocenters. The first-order valence-electron chi connectivity index (χ1n) is 5.57. The second-order valence-corrected chi connectivity index (χ2v) is 4.85. The molecule has 1 fully saturated rings. The molecule has 0 bridgehead atoms. The summed E-state index contributed by atoms with van der Waals surface area (Å²) in [5.41, 5.74) is 6.13. The number of nitrogens with one attached hydrogen (secondary N) is 1. The summed E-state index contributed by atoms with van der Waals surface area (Å²) in [5.74, 6) is -0.650. The van der Waals surface area contributed by atoms with E-state index >= 15 is 0 Å². The van der Waals surface area contributed by atoms with E-state index in [0.29, 0.717) is 12.1 Å². The van der Waals surface area contributed by atoms with Crippen LogP contribution in [0.4, 0.5) is 10.1 Å². The maximum absolute atomic E-state index is 13.1. The Kier molecular flexibility index (Phi) is 3.64. The molecule has 17 heavy (non-hydrogen) atoms. The Balaban J connectivity index is 2.03. The first kappa shape index (κ1) is 12.3. The molecule has 1 aliphatic rings. The van der Waals surface area contributed by atoms with E-state index < -0.39 is 5.82 Å². The van der Waals surface area contributed by atoms with Crippen LogP contribution in [-0.2, 0) is 4.79 Å². The standard InChI is InChI=1S/C12H14ClFN2O/c13-8-4-9(14)6-11(5-8)16-12(17)7-1-2-10(15)3-7/h4-7,10H,1-3,15H2,(H,16,17). The summed E-state index contributed by atoms with van der Waals surface area (Å²) in [6, 6.07) is 4.07. The number of hydrogen-bond donors (Lipinski definition) is 2. The SMILES string of the molecule is NC1CCC(C(=O)Nc2cc(F)cc(Cl)c2)C1. The summed E-state index contributed by atoms with van der Waals surface area (Å²) < 4.78 is 13.1. The highest BCUT2D eigenvalue weighted by Crippen LogP contribution is 2.26. The third-order valence-corrected chi connectivity index (χ3v) is 3.19. The van der Waals surface area contributed by atoms with Crippen LogP contribution in [0, 0.1) is 11.7 Å². The quantitative estimate of drug-likeness (QED) is 0.854. The highest BCUT2D eigenvalue weighted by Gasteiger charge is 2.27. The zero-order chi connectivity index (χ0) is 12.4. The first-order chi connectivity index (χ1) is 8.04. The average molecular weight is 257 g/mol. The zero-order valence-electron chi connectivity index (χ0n) is 9.25. The highest BCUT2D eigenvalue weighted by atomic mass is 35.5. The lowest BCUT2D eigenvalue weighted by Crippen LogP contribution is -2.23. The van der Waals surface area contributed by atoms with Crippen molar-refractivity contribution in [2.75, 3.05) is 5.32 Å². The average Bonchev–Trinajstić information content (AvgIpc) is 2.63. The van der Waals surface area contributed by atoms with E-state index in [4.69, 9.17) is 17.3 Å². The Morgan fingerprint density at radius 2 is 2.18 bits per heavy atom. The number of rotatable bonds is 2. The van der Waals surface area contributed by atoms with Crippen molar-refractivity contribution >= 4 is 23.2 Å². The fourth-order valence-corrected chi connectivity index (χ4v) is 2.35. The topological polar surface area (TPSA) is 55.1 Å². The van der Waals surface area contributed by atoms with Gasteiger partial charge in [0.25, 0.3) is 0 Å². The molecule has 2 rings (SSSR count). The molecule has 92 valence electrons. The molecule has 0 radical (unpaired) electrons. The van der Waals surface area contributed by atoms with Crippen LogP contribution >= 0.6 is 11.6 Å². The zero-order valence-corrected chi connectivity index (χ0v) is 10.0. The van der Waals surface area contributed by atoms with Gasteiger partial charge in [-0.15, -0.1) is 0 Å². The van der Waals surface area contributed by atoms with Crippen LogP contribution < -0.4 is 11.1 Å². The van der Waals surface area contributed by atoms with Crippen LogP contribution in [0.3, 0.4) is 0 Å². The molecule has 1 aromatic rings. The second-order valence-electron chi connectivity index (χ2n) is 4.42. The van der Waals surface area contributed by atoms with Crippen LogP contribution in [0.1, 0.15) is 19.3 Å². The van der Waals surface area contributed by atoms with Gasteiger partial charge in [-0.1, -0.05) is 11.6 Å². The number of amides is 1. The van der Waals surface area contributed by atoms with Gasteiger partial charge in [-0.2, -0.15) is 0 Å². The van der Waals surface area contributed by atoms with E-state index in [1.807, 2.05) is 0 Å². The van der Waals surface area contributed by atoms with Gasteiger partial charge in [0, 0.05) is 22.7 Å². The molecule has 5 heteroatoms. The minimum Gasteiger partial charge on any atom is -0.328 e. The van der Waals surface area contributed by atoms with Crippen molar-refractivity contribution in [3.05, 3.63) is 29.0 Å². The summed E-state index contributed by atoms with van der Waals surface area (Å²) in [6.45, 7) is 0. The fraction of sp³-hybridized carbons (Fsp3) is 0.417. The fourth-order valence-electron chi connectivity index (χ4n) is 2.12. The van der Waals surface area contributed by atoms with Gasteiger partial charge in [0.05, 0.1) is 0 Å². The molecule has 1 amide bonds. The van der Waals surface area contributed by atoms with Crippen LogP contribution in [-0.4, -0.2) is 11.9 Å². The van der Waals surface area contributed by atoms with Crippen LogP contribution in [0.15, 0.2) is 18.2 Å². The minimum absolute atomic E-state index is 0.0768. The molecule has 3 nitrogen and oxygen atoms in total. The Morgan fingerprint density at radius 1 is 1.41 bits per heavy atom. The summed E-state index contributed by atoms with van der Waals surface area (Å²) in [4.78, 5) is 11.9. The first-order valence-corrected chi connectivity index (χ1v) is 5.95. The molecule has 1 saturated carbocycles. The van der Waals surface area contributed by atoms with Crippen LogP contribution in [0.5, 0.6) is 0 Å². The monoisotopic (exact) mass is 256 g/mol. The molecule has 2 atom stereocenters. The number of carbonyl (C=O) groups is 1. The van der Waals surface area contributed by atoms with E-state index in [0.717, 1.165) is 12.8 Å². The maximum Gasteiger partial charge on any atom is 0.227 e. The van der Waals surface area contributed by atoms with Crippen molar-refractivity contribution in [1.29, 1.82) is 0 Å². The second kappa shape index (κ2) is 5.02. The van der Waals surface area contributed by atoms with Crippen LogP contribution in [0.2, 0.25) is 5.02 Å². The third-order valence-electron chi connectivity index (χ3n) is 2.97. The number of nitrogens with two attached hydrogens (primary N) is 1. The normalized spacial score (nSPS) is 23.7. The summed E-state index contributed by atoms with van der Waals surface area (Å²) >= 11 is 5.71. The van der Waals surface area contributed by atoms with Crippen molar-refractivity contribution in [3.8, 4) is 0 Å². The molecule has 0 aliphatic heterocycles. The van der Waals surface area contributed by atoms with Gasteiger partial charge in [0.1, 0.15) is 5.82 Å². The molecule has 1 aromatic carbocycles. The molecule has 1 aliphatic carbocycles. The van der Waals surface area contributed by atoms with E-state index in [2.05, 4.69) is 5.32 Å². The number of carbonyl (C=O) groups excluding carboxylic acids is 1. The summed E-state index contributed by atoms with van der Waals surface area (Å²) in [6.07, 6.45) is 2.34. The largest absolute Gasteiger partial charge is 0.328 e. The Bertz CT molecular complexity index is 418. The van der Waals surface area contributed by atoms with Crippen molar-refractivity contribution in [1.82, 2.24) is 0 Å². The number of anilines is 1. The van der Waals surface area contributed by atoms with Gasteiger partial charge in [-0.25, -0.2) is 4.39 Å². The maximum atomic E-state index is 13.1. The number of halogens is 2. The molecule has 0 heterocycles. The molecule has 0 aromatic heterocycles. The van der Waals surface area contributed by atoms with Crippen molar-refractivity contribution in [2.45, 2.75) is 25.3 Å². The molecule has 0 saturated heterocycles. The van der Waals surface area contributed by atoms with Crippen molar-refractivity contribution < 1.29 is 9.18 Å². The predicted molar refractivity (Wildman–Crippen MR) is 65.4 cm³/mol. The summed E-state index contributed by atoms with van der Waals surface area (Å²) in [5, 5.41) is 2.93. The highest BCUT2D eigenvalue weighted by molar-refractivity contribution is 6.30. The lowest BCUT2D eigenvalue weighted by Gasteiger charge is -2.11. The Hall–Kier alpha value is -1.13. The van der Waals surface area contributed by atoms with Gasteiger partial charge in [0.2, 0.25) is 5.91 Å². The van der Waals surface area contributed by atoms with E-state index in [1.54, 1.807) is 0 Å². The lowest BCUT2D eigenvalue weighted by molar-refractivity contribution is -0.119. The summed E-state index contributed by atoms with van der Waals surface area (Å²) in [7, 11) is 0. The van der Waals surface area contributed by atoms with E-state index in [9.17, 15) is 9.18 Å². The minimum atomic E-state index is -0.462. The van der Waals surface area contributed by atoms with Crippen molar-refractivity contribution in [3.63, 3.8) is 0 Å². The molecule has 0 spiro atoms. The van der Waals surface area contributed by atoms with Gasteiger partial charge in [-0.3, -0.25) is 4.79 Å². The van der Waals surface area contributed by atoms with Gasteiger partial charge in [-0.05, 0) is 37.5 Å². The predicted octanol–water partition coefficient (Wildman–Crippen LogP) is 2.55. The van der Waals surface area contributed by atoms with E-state index in [-0.39, 0.29) is 22.9 Å². The Morgan fingerprint density at radius 3 is 2.76 bits per heavy atom. The third kappa shape index (κ3) is 3.17.